The Morgan fingerprint density at radius 2 is 2.15 bits per heavy atom. The molecule has 1 aliphatic rings. The van der Waals surface area contributed by atoms with Gasteiger partial charge in [-0.25, -0.2) is 9.59 Å². The average molecular weight is 187 g/mol. The number of carbonyl (C=O) groups is 2. The normalized spacial score (nSPS) is 21.5. The van der Waals surface area contributed by atoms with Crippen LogP contribution in [0.4, 0.5) is 4.79 Å². The first-order valence-corrected chi connectivity index (χ1v) is 3.60. The highest BCUT2D eigenvalue weighted by molar-refractivity contribution is 5.81. The van der Waals surface area contributed by atoms with Crippen molar-refractivity contribution in [2.75, 3.05) is 6.61 Å². The SMILES string of the molecule is O=C(O)[C@@H]1CC(CO)=CN1C(=O)O. The van der Waals surface area contributed by atoms with Gasteiger partial charge in [0.2, 0.25) is 0 Å². The molecule has 0 aromatic carbocycles. The van der Waals surface area contributed by atoms with Crippen molar-refractivity contribution in [3.63, 3.8) is 0 Å². The first kappa shape index (κ1) is 9.53. The number of rotatable bonds is 2. The van der Waals surface area contributed by atoms with Crippen molar-refractivity contribution in [2.45, 2.75) is 12.5 Å². The van der Waals surface area contributed by atoms with E-state index in [1.807, 2.05) is 0 Å². The molecule has 0 aliphatic carbocycles. The summed E-state index contributed by atoms with van der Waals surface area (Å²) < 4.78 is 0. The van der Waals surface area contributed by atoms with E-state index in [1.165, 1.54) is 0 Å². The van der Waals surface area contributed by atoms with Crippen LogP contribution in [-0.4, -0.2) is 44.9 Å². The highest BCUT2D eigenvalue weighted by atomic mass is 16.4. The Morgan fingerprint density at radius 1 is 1.54 bits per heavy atom. The quantitative estimate of drug-likeness (QED) is 0.551. The molecular weight excluding hydrogens is 178 g/mol. The molecule has 6 nitrogen and oxygen atoms in total. The van der Waals surface area contributed by atoms with Gasteiger partial charge < -0.3 is 15.3 Å². The summed E-state index contributed by atoms with van der Waals surface area (Å²) in [4.78, 5) is 21.8. The van der Waals surface area contributed by atoms with Gasteiger partial charge in [0.05, 0.1) is 6.61 Å². The van der Waals surface area contributed by atoms with Crippen LogP contribution in [0.3, 0.4) is 0 Å². The Kier molecular flexibility index (Phi) is 2.52. The lowest BCUT2D eigenvalue weighted by atomic mass is 10.1. The second kappa shape index (κ2) is 3.44. The second-order valence-electron chi connectivity index (χ2n) is 2.69. The summed E-state index contributed by atoms with van der Waals surface area (Å²) in [5, 5.41) is 25.9. The number of hydrogen-bond donors (Lipinski definition) is 3. The molecule has 6 heteroatoms. The molecule has 3 N–H and O–H groups in total. The molecule has 72 valence electrons. The van der Waals surface area contributed by atoms with Gasteiger partial charge in [-0.15, -0.1) is 0 Å². The molecule has 0 radical (unpaired) electrons. The van der Waals surface area contributed by atoms with E-state index in [9.17, 15) is 9.59 Å². The van der Waals surface area contributed by atoms with Crippen molar-refractivity contribution in [3.8, 4) is 0 Å². The summed E-state index contributed by atoms with van der Waals surface area (Å²) in [6.45, 7) is -0.312. The maximum Gasteiger partial charge on any atom is 0.412 e. The van der Waals surface area contributed by atoms with Gasteiger partial charge in [-0.3, -0.25) is 4.90 Å². The molecule has 1 rings (SSSR count). The molecule has 0 fully saturated rings. The van der Waals surface area contributed by atoms with Gasteiger partial charge in [0.1, 0.15) is 6.04 Å². The molecular formula is C7H9NO5. The zero-order valence-corrected chi connectivity index (χ0v) is 6.67. The minimum atomic E-state index is -1.32. The third-order valence-electron chi connectivity index (χ3n) is 1.82. The van der Waals surface area contributed by atoms with E-state index < -0.39 is 18.1 Å². The number of aliphatic carboxylic acids is 1. The van der Waals surface area contributed by atoms with Crippen molar-refractivity contribution in [1.29, 1.82) is 0 Å². The maximum atomic E-state index is 10.6. The molecule has 1 amide bonds. The fourth-order valence-electron chi connectivity index (χ4n) is 1.19. The maximum absolute atomic E-state index is 10.6. The lowest BCUT2D eigenvalue weighted by Crippen LogP contribution is -2.37. The van der Waals surface area contributed by atoms with Crippen LogP contribution in [0, 0.1) is 0 Å². The summed E-state index contributed by atoms with van der Waals surface area (Å²) in [5.41, 5.74) is 0.412. The highest BCUT2D eigenvalue weighted by Crippen LogP contribution is 2.21. The molecule has 0 saturated carbocycles. The van der Waals surface area contributed by atoms with Gasteiger partial charge in [0.25, 0.3) is 0 Å². The smallest absolute Gasteiger partial charge is 0.412 e. The van der Waals surface area contributed by atoms with E-state index in [0.29, 0.717) is 10.5 Å². The monoisotopic (exact) mass is 187 g/mol. The second-order valence-corrected chi connectivity index (χ2v) is 2.69. The van der Waals surface area contributed by atoms with E-state index in [2.05, 4.69) is 0 Å². The molecule has 0 saturated heterocycles. The average Bonchev–Trinajstić information content (AvgIpc) is 2.47. The molecule has 0 bridgehead atoms. The summed E-state index contributed by atoms with van der Waals surface area (Å²) >= 11 is 0. The van der Waals surface area contributed by atoms with Crippen LogP contribution in [0.1, 0.15) is 6.42 Å². The van der Waals surface area contributed by atoms with E-state index in [0.717, 1.165) is 6.20 Å². The Bertz CT molecular complexity index is 272. The van der Waals surface area contributed by atoms with Gasteiger partial charge in [-0.2, -0.15) is 0 Å². The molecule has 0 unspecified atom stereocenters. The fraction of sp³-hybridized carbons (Fsp3) is 0.429. The highest BCUT2D eigenvalue weighted by Gasteiger charge is 2.33. The Hall–Kier alpha value is -1.56. The Labute approximate surface area is 73.7 Å². The third-order valence-corrected chi connectivity index (χ3v) is 1.82. The lowest BCUT2D eigenvalue weighted by molar-refractivity contribution is -0.141. The summed E-state index contributed by atoms with van der Waals surface area (Å²) in [6.07, 6.45) is -0.116. The van der Waals surface area contributed by atoms with Crippen molar-refractivity contribution >= 4 is 12.1 Å². The molecule has 13 heavy (non-hydrogen) atoms. The van der Waals surface area contributed by atoms with Crippen LogP contribution in [0.2, 0.25) is 0 Å². The van der Waals surface area contributed by atoms with Gasteiger partial charge in [-0.1, -0.05) is 0 Å². The number of aliphatic hydroxyl groups is 1. The minimum absolute atomic E-state index is 0.0537. The van der Waals surface area contributed by atoms with Crippen LogP contribution in [-0.2, 0) is 4.79 Å². The summed E-state index contributed by atoms with van der Waals surface area (Å²) in [5.74, 6) is -1.21. The third kappa shape index (κ3) is 1.78. The van der Waals surface area contributed by atoms with Gasteiger partial charge in [0, 0.05) is 12.6 Å². The lowest BCUT2D eigenvalue weighted by Gasteiger charge is -2.15. The largest absolute Gasteiger partial charge is 0.480 e. The van der Waals surface area contributed by atoms with E-state index >= 15 is 0 Å². The van der Waals surface area contributed by atoms with Gasteiger partial charge >= 0.3 is 12.1 Å². The van der Waals surface area contributed by atoms with E-state index in [-0.39, 0.29) is 13.0 Å². The number of carboxylic acid groups (broad SMARTS) is 2. The molecule has 1 aliphatic heterocycles. The van der Waals surface area contributed by atoms with Crippen LogP contribution in [0.5, 0.6) is 0 Å². The molecule has 0 aromatic rings. The van der Waals surface area contributed by atoms with Crippen LogP contribution in [0.15, 0.2) is 11.8 Å². The van der Waals surface area contributed by atoms with Crippen molar-refractivity contribution < 1.29 is 24.9 Å². The van der Waals surface area contributed by atoms with Gasteiger partial charge in [-0.05, 0) is 5.57 Å². The van der Waals surface area contributed by atoms with Crippen molar-refractivity contribution in [1.82, 2.24) is 4.90 Å². The molecule has 0 spiro atoms. The van der Waals surface area contributed by atoms with Crippen molar-refractivity contribution in [2.24, 2.45) is 0 Å². The summed E-state index contributed by atoms with van der Waals surface area (Å²) in [7, 11) is 0. The molecule has 0 aromatic heterocycles. The van der Waals surface area contributed by atoms with E-state index in [1.54, 1.807) is 0 Å². The topological polar surface area (TPSA) is 98.1 Å². The van der Waals surface area contributed by atoms with E-state index in [4.69, 9.17) is 15.3 Å². The zero-order valence-electron chi connectivity index (χ0n) is 6.67. The standard InChI is InChI=1S/C7H9NO5/c9-3-4-1-5(6(10)11)8(2-4)7(12)13/h2,5,9H,1,3H2,(H,10,11)(H,12,13)/t5-/m0/s1. The Morgan fingerprint density at radius 3 is 2.46 bits per heavy atom. The molecule has 1 atom stereocenters. The minimum Gasteiger partial charge on any atom is -0.480 e. The Balaban J connectivity index is 2.82. The first-order chi connectivity index (χ1) is 6.06. The van der Waals surface area contributed by atoms with Crippen LogP contribution >= 0.6 is 0 Å². The fourth-order valence-corrected chi connectivity index (χ4v) is 1.19. The first-order valence-electron chi connectivity index (χ1n) is 3.60. The zero-order chi connectivity index (χ0) is 10.0. The number of hydrogen-bond acceptors (Lipinski definition) is 3. The number of aliphatic hydroxyl groups excluding tert-OH is 1. The van der Waals surface area contributed by atoms with Crippen LogP contribution < -0.4 is 0 Å². The van der Waals surface area contributed by atoms with Gasteiger partial charge in [0.15, 0.2) is 0 Å². The number of nitrogens with zero attached hydrogens (tertiary/aromatic N) is 1. The predicted octanol–water partition coefficient (Wildman–Crippen LogP) is -0.301. The van der Waals surface area contributed by atoms with Crippen molar-refractivity contribution in [3.05, 3.63) is 11.8 Å². The van der Waals surface area contributed by atoms with Crippen LogP contribution in [0.25, 0.3) is 0 Å². The predicted molar refractivity (Wildman–Crippen MR) is 41.1 cm³/mol. The molecule has 1 heterocycles. The number of amides is 1. The summed E-state index contributed by atoms with van der Waals surface area (Å²) in [6, 6.07) is -1.10. The number of carboxylic acids is 1.